The second-order valence-corrected chi connectivity index (χ2v) is 8.60. The summed E-state index contributed by atoms with van der Waals surface area (Å²) in [5.74, 6) is -0.370. The number of halogens is 4. The highest BCUT2D eigenvalue weighted by Gasteiger charge is 2.40. The zero-order chi connectivity index (χ0) is 26.8. The zero-order valence-electron chi connectivity index (χ0n) is 20.2. The van der Waals surface area contributed by atoms with E-state index >= 15 is 0 Å². The van der Waals surface area contributed by atoms with Crippen LogP contribution in [-0.2, 0) is 10.9 Å². The maximum absolute atomic E-state index is 14.8. The number of benzene rings is 2. The molecule has 1 aliphatic heterocycles. The fraction of sp³-hybridized carbons (Fsp3) is 0.320. The third kappa shape index (κ3) is 6.08. The standard InChI is InChI=1S/C25H24F4N4O4/c1-4-36-22-17(11-30-14(2)31-22)15-5-7-20(19(26)9-15)33-23(34)32-16-6-8-21(18(10-16)25(27,28)29)37-24(3)12-35-13-24/h5-11H,4,12-13H2,1-3H3,(H2,32,33,34). The molecule has 0 radical (unpaired) electrons. The highest BCUT2D eigenvalue weighted by atomic mass is 19.4. The number of aromatic nitrogens is 2. The number of carbonyl (C=O) groups is 1. The molecule has 2 amide bonds. The Morgan fingerprint density at radius 3 is 2.54 bits per heavy atom. The van der Waals surface area contributed by atoms with Gasteiger partial charge in [0.1, 0.15) is 17.4 Å². The van der Waals surface area contributed by atoms with Crippen LogP contribution in [0.3, 0.4) is 0 Å². The third-order valence-corrected chi connectivity index (χ3v) is 5.40. The normalized spacial score (nSPS) is 14.5. The third-order valence-electron chi connectivity index (χ3n) is 5.40. The molecule has 2 aromatic carbocycles. The molecular weight excluding hydrogens is 496 g/mol. The Morgan fingerprint density at radius 1 is 1.16 bits per heavy atom. The first kappa shape index (κ1) is 26.1. The summed E-state index contributed by atoms with van der Waals surface area (Å²) in [6.07, 6.45) is -3.22. The average molecular weight is 520 g/mol. The monoisotopic (exact) mass is 520 g/mol. The second-order valence-electron chi connectivity index (χ2n) is 8.60. The number of amides is 2. The Kier molecular flexibility index (Phi) is 7.21. The van der Waals surface area contributed by atoms with Gasteiger partial charge >= 0.3 is 12.2 Å². The number of alkyl halides is 3. The van der Waals surface area contributed by atoms with Crippen LogP contribution in [0.15, 0.2) is 42.6 Å². The predicted molar refractivity (Wildman–Crippen MR) is 127 cm³/mol. The largest absolute Gasteiger partial charge is 0.482 e. The number of rotatable bonds is 7. The molecule has 1 aromatic heterocycles. The molecule has 2 N–H and O–H groups in total. The van der Waals surface area contributed by atoms with Crippen molar-refractivity contribution < 1.29 is 36.6 Å². The van der Waals surface area contributed by atoms with E-state index in [1.54, 1.807) is 20.8 Å². The molecule has 0 atom stereocenters. The number of nitrogens with one attached hydrogen (secondary N) is 2. The van der Waals surface area contributed by atoms with Crippen molar-refractivity contribution in [2.24, 2.45) is 0 Å². The molecule has 0 spiro atoms. The van der Waals surface area contributed by atoms with Gasteiger partial charge in [-0.3, -0.25) is 0 Å². The summed E-state index contributed by atoms with van der Waals surface area (Å²) in [6, 6.07) is 6.24. The van der Waals surface area contributed by atoms with E-state index in [9.17, 15) is 22.4 Å². The minimum absolute atomic E-state index is 0.151. The lowest BCUT2D eigenvalue weighted by Crippen LogP contribution is -2.51. The number of ether oxygens (including phenoxy) is 3. The van der Waals surface area contributed by atoms with Crippen molar-refractivity contribution in [3.05, 3.63) is 59.8 Å². The van der Waals surface area contributed by atoms with Gasteiger partial charge in [0.25, 0.3) is 0 Å². The van der Waals surface area contributed by atoms with Gasteiger partial charge in [-0.05, 0) is 56.7 Å². The van der Waals surface area contributed by atoms with Crippen molar-refractivity contribution in [3.63, 3.8) is 0 Å². The molecule has 2 heterocycles. The van der Waals surface area contributed by atoms with E-state index in [4.69, 9.17) is 14.2 Å². The first-order chi connectivity index (χ1) is 17.5. The van der Waals surface area contributed by atoms with Crippen LogP contribution in [0.4, 0.5) is 33.7 Å². The van der Waals surface area contributed by atoms with Crippen molar-refractivity contribution >= 4 is 17.4 Å². The minimum Gasteiger partial charge on any atom is -0.482 e. The van der Waals surface area contributed by atoms with E-state index in [2.05, 4.69) is 20.6 Å². The maximum Gasteiger partial charge on any atom is 0.420 e. The van der Waals surface area contributed by atoms with Gasteiger partial charge in [-0.25, -0.2) is 14.2 Å². The first-order valence-corrected chi connectivity index (χ1v) is 11.3. The second kappa shape index (κ2) is 10.2. The molecular formula is C25H24F4N4O4. The van der Waals surface area contributed by atoms with E-state index < -0.39 is 29.2 Å². The molecule has 3 aromatic rings. The van der Waals surface area contributed by atoms with Crippen molar-refractivity contribution in [2.45, 2.75) is 32.5 Å². The van der Waals surface area contributed by atoms with Gasteiger partial charge in [-0.1, -0.05) is 6.07 Å². The molecule has 1 aliphatic rings. The van der Waals surface area contributed by atoms with Gasteiger partial charge in [0.2, 0.25) is 5.88 Å². The predicted octanol–water partition coefficient (Wildman–Crippen LogP) is 5.82. The van der Waals surface area contributed by atoms with E-state index in [-0.39, 0.29) is 30.3 Å². The molecule has 1 saturated heterocycles. The average Bonchev–Trinajstić information content (AvgIpc) is 2.80. The zero-order valence-corrected chi connectivity index (χ0v) is 20.2. The highest BCUT2D eigenvalue weighted by molar-refractivity contribution is 6.00. The van der Waals surface area contributed by atoms with Gasteiger partial charge in [-0.2, -0.15) is 18.2 Å². The number of aryl methyl sites for hydroxylation is 1. The molecule has 8 nitrogen and oxygen atoms in total. The summed E-state index contributed by atoms with van der Waals surface area (Å²) in [6.45, 7) is 5.81. The van der Waals surface area contributed by atoms with Crippen LogP contribution in [0.1, 0.15) is 25.2 Å². The van der Waals surface area contributed by atoms with Crippen molar-refractivity contribution in [2.75, 3.05) is 30.5 Å². The molecule has 0 bridgehead atoms. The first-order valence-electron chi connectivity index (χ1n) is 11.3. The highest BCUT2D eigenvalue weighted by Crippen LogP contribution is 2.40. The number of nitrogens with zero attached hydrogens (tertiary/aromatic N) is 2. The lowest BCUT2D eigenvalue weighted by atomic mass is 10.0. The van der Waals surface area contributed by atoms with Gasteiger partial charge in [-0.15, -0.1) is 0 Å². The molecule has 0 unspecified atom stereocenters. The number of hydrogen-bond donors (Lipinski definition) is 2. The van der Waals surface area contributed by atoms with Crippen molar-refractivity contribution in [1.82, 2.24) is 9.97 Å². The van der Waals surface area contributed by atoms with Crippen molar-refractivity contribution in [1.29, 1.82) is 0 Å². The minimum atomic E-state index is -4.73. The van der Waals surface area contributed by atoms with Gasteiger partial charge in [0.15, 0.2) is 5.60 Å². The number of urea groups is 1. The summed E-state index contributed by atoms with van der Waals surface area (Å²) < 4.78 is 71.7. The fourth-order valence-corrected chi connectivity index (χ4v) is 3.59. The Morgan fingerprint density at radius 2 is 1.92 bits per heavy atom. The van der Waals surface area contributed by atoms with Crippen LogP contribution in [-0.4, -0.2) is 41.4 Å². The smallest absolute Gasteiger partial charge is 0.420 e. The van der Waals surface area contributed by atoms with Crippen LogP contribution >= 0.6 is 0 Å². The summed E-state index contributed by atoms with van der Waals surface area (Å²) >= 11 is 0. The summed E-state index contributed by atoms with van der Waals surface area (Å²) in [5, 5.41) is 4.59. The fourth-order valence-electron chi connectivity index (χ4n) is 3.59. The molecule has 12 heteroatoms. The summed E-state index contributed by atoms with van der Waals surface area (Å²) in [5.41, 5.74) is -1.36. The van der Waals surface area contributed by atoms with Gasteiger partial charge in [0, 0.05) is 11.9 Å². The van der Waals surface area contributed by atoms with E-state index in [0.717, 1.165) is 12.1 Å². The van der Waals surface area contributed by atoms with Crippen LogP contribution in [0.2, 0.25) is 0 Å². The quantitative estimate of drug-likeness (QED) is 0.381. The number of hydrogen-bond acceptors (Lipinski definition) is 6. The number of carbonyl (C=O) groups excluding carboxylic acids is 1. The summed E-state index contributed by atoms with van der Waals surface area (Å²) in [7, 11) is 0. The van der Waals surface area contributed by atoms with Crippen LogP contribution < -0.4 is 20.1 Å². The topological polar surface area (TPSA) is 94.6 Å². The summed E-state index contributed by atoms with van der Waals surface area (Å²) in [4.78, 5) is 20.8. The van der Waals surface area contributed by atoms with Crippen molar-refractivity contribution in [3.8, 4) is 22.8 Å². The van der Waals surface area contributed by atoms with Crippen LogP contribution in [0.5, 0.6) is 11.6 Å². The lowest BCUT2D eigenvalue weighted by Gasteiger charge is -2.38. The van der Waals surface area contributed by atoms with Crippen LogP contribution in [0.25, 0.3) is 11.1 Å². The maximum atomic E-state index is 14.8. The van der Waals surface area contributed by atoms with Crippen LogP contribution in [0, 0.1) is 12.7 Å². The van der Waals surface area contributed by atoms with Gasteiger partial charge < -0.3 is 24.8 Å². The van der Waals surface area contributed by atoms with E-state index in [0.29, 0.717) is 29.4 Å². The Hall–Kier alpha value is -3.93. The SMILES string of the molecule is CCOc1nc(C)ncc1-c1ccc(NC(=O)Nc2ccc(OC3(C)COC3)c(C(F)(F)F)c2)c(F)c1. The molecule has 0 saturated carbocycles. The Bertz CT molecular complexity index is 1310. The van der Waals surface area contributed by atoms with Gasteiger partial charge in [0.05, 0.1) is 36.6 Å². The Labute approximate surface area is 210 Å². The molecule has 0 aliphatic carbocycles. The van der Waals surface area contributed by atoms with E-state index in [1.165, 1.54) is 30.5 Å². The molecule has 196 valence electrons. The lowest BCUT2D eigenvalue weighted by molar-refractivity contribution is -0.160. The number of anilines is 2. The molecule has 4 rings (SSSR count). The Balaban J connectivity index is 1.49. The molecule has 37 heavy (non-hydrogen) atoms. The molecule has 1 fully saturated rings. The van der Waals surface area contributed by atoms with E-state index in [1.807, 2.05) is 0 Å².